The average molecular weight is 813 g/mol. The summed E-state index contributed by atoms with van der Waals surface area (Å²) in [5, 5.41) is 21.4. The highest BCUT2D eigenvalue weighted by Crippen LogP contribution is 2.43. The van der Waals surface area contributed by atoms with Crippen molar-refractivity contribution in [1.29, 1.82) is 0 Å². The standard InChI is InChI=1S/C22H21BO3.2C13H13FNO2/c24-23(25)26-18-10-17-22(19-11-4-1-5-12-19,20-13-6-2-7-14-20)21-15-8-3-9-16-21;2*1-2-16-15-10-6-5-9-13(15)17-12-8-4-3-7-11(12)14/h1-9,11-16H,10,17-18H2;2*3-10H,2H2,1H3/q-2;2*+1. The Morgan fingerprint density at radius 3 is 1.23 bits per heavy atom. The number of hydrogen-bond donors (Lipinski definition) is 0. The first kappa shape index (κ1) is 44.5. The van der Waals surface area contributed by atoms with Crippen molar-refractivity contribution in [1.82, 2.24) is 0 Å². The lowest BCUT2D eigenvalue weighted by Crippen LogP contribution is -2.48. The normalized spacial score (nSPS) is 10.6. The minimum absolute atomic E-state index is 0.159. The summed E-state index contributed by atoms with van der Waals surface area (Å²) in [7, 11) is -2.23. The van der Waals surface area contributed by atoms with Crippen LogP contribution in [0.4, 0.5) is 8.78 Å². The van der Waals surface area contributed by atoms with Gasteiger partial charge in [0.15, 0.2) is 36.3 Å². The maximum absolute atomic E-state index is 13.4. The van der Waals surface area contributed by atoms with Crippen molar-refractivity contribution in [2.24, 2.45) is 0 Å². The first-order valence-electron chi connectivity index (χ1n) is 19.6. The highest BCUT2D eigenvalue weighted by atomic mass is 19.1. The van der Waals surface area contributed by atoms with Crippen molar-refractivity contribution < 1.29 is 52.1 Å². The molecule has 2 heterocycles. The van der Waals surface area contributed by atoms with Gasteiger partial charge in [-0.25, -0.2) is 8.78 Å². The van der Waals surface area contributed by atoms with Gasteiger partial charge in [-0.1, -0.05) is 115 Å². The van der Waals surface area contributed by atoms with E-state index in [0.29, 0.717) is 31.4 Å². The van der Waals surface area contributed by atoms with Crippen LogP contribution in [0.3, 0.4) is 0 Å². The van der Waals surface area contributed by atoms with Crippen molar-refractivity contribution in [2.75, 3.05) is 19.8 Å². The molecule has 0 aliphatic heterocycles. The second kappa shape index (κ2) is 23.7. The Labute approximate surface area is 350 Å². The number of halogens is 2. The van der Waals surface area contributed by atoms with Crippen LogP contribution < -0.4 is 38.7 Å². The molecule has 5 aromatic carbocycles. The van der Waals surface area contributed by atoms with Crippen LogP contribution in [0, 0.1) is 11.6 Å². The molecule has 308 valence electrons. The molecule has 0 fully saturated rings. The maximum atomic E-state index is 13.4. The molecule has 0 bridgehead atoms. The van der Waals surface area contributed by atoms with Gasteiger partial charge in [-0.3, -0.25) is 9.68 Å². The first-order valence-corrected chi connectivity index (χ1v) is 19.6. The summed E-state index contributed by atoms with van der Waals surface area (Å²) in [6.07, 6.45) is 4.76. The number of ether oxygens (including phenoxy) is 2. The topological polar surface area (TPSA) is 100 Å². The van der Waals surface area contributed by atoms with Crippen LogP contribution in [0.5, 0.6) is 23.3 Å². The molecule has 7 rings (SSSR count). The van der Waals surface area contributed by atoms with Crippen LogP contribution in [-0.4, -0.2) is 27.1 Å². The molecule has 0 N–H and O–H groups in total. The fraction of sp³-hybridized carbons (Fsp3) is 0.167. The van der Waals surface area contributed by atoms with Gasteiger partial charge in [0.25, 0.3) is 0 Å². The van der Waals surface area contributed by atoms with E-state index in [1.807, 2.05) is 80.6 Å². The van der Waals surface area contributed by atoms with Crippen molar-refractivity contribution in [3.8, 4) is 23.3 Å². The lowest BCUT2D eigenvalue weighted by molar-refractivity contribution is -0.892. The zero-order chi connectivity index (χ0) is 42.4. The van der Waals surface area contributed by atoms with E-state index in [-0.39, 0.29) is 23.5 Å². The van der Waals surface area contributed by atoms with E-state index in [1.54, 1.807) is 73.1 Å². The molecule has 9 nitrogen and oxygen atoms in total. The predicted octanol–water partition coefficient (Wildman–Crippen LogP) is 7.23. The summed E-state index contributed by atoms with van der Waals surface area (Å²) in [4.78, 5) is 10.6. The molecule has 12 heteroatoms. The van der Waals surface area contributed by atoms with E-state index in [2.05, 4.69) is 36.4 Å². The van der Waals surface area contributed by atoms with Crippen molar-refractivity contribution in [3.63, 3.8) is 0 Å². The number of pyridine rings is 2. The summed E-state index contributed by atoms with van der Waals surface area (Å²) in [6, 6.07) is 54.2. The van der Waals surface area contributed by atoms with Crippen LogP contribution >= 0.6 is 0 Å². The SMILES string of the molecule is CCO[n+]1ccccc1Oc1ccccc1F.CCO[n+]1ccccc1Oc1ccccc1F.[O-]B([O-])OCCCC(c1ccccc1)(c1ccccc1)c1ccccc1. The average Bonchev–Trinajstić information content (AvgIpc) is 3.28. The fourth-order valence-corrected chi connectivity index (χ4v) is 6.37. The highest BCUT2D eigenvalue weighted by molar-refractivity contribution is 6.28. The summed E-state index contributed by atoms with van der Waals surface area (Å²) in [6.45, 7) is 4.90. The number of benzene rings is 5. The lowest BCUT2D eigenvalue weighted by atomic mass is 9.67. The number of hydrogen-bond acceptors (Lipinski definition) is 7. The Morgan fingerprint density at radius 1 is 0.500 bits per heavy atom. The molecule has 0 saturated heterocycles. The second-order valence-corrected chi connectivity index (χ2v) is 12.9. The molecule has 0 aliphatic carbocycles. The smallest absolute Gasteiger partial charge is 0.422 e. The Morgan fingerprint density at radius 2 is 0.867 bits per heavy atom. The molecule has 0 amide bonds. The summed E-state index contributed by atoms with van der Waals surface area (Å²) in [5.41, 5.74) is 3.17. The number of nitrogens with zero attached hydrogens (tertiary/aromatic N) is 2. The lowest BCUT2D eigenvalue weighted by Gasteiger charge is -2.37. The molecule has 0 unspecified atom stereocenters. The van der Waals surface area contributed by atoms with Crippen LogP contribution in [0.25, 0.3) is 0 Å². The van der Waals surface area contributed by atoms with Crippen molar-refractivity contribution in [3.05, 3.63) is 217 Å². The molecule has 0 spiro atoms. The Hall–Kier alpha value is -6.60. The highest BCUT2D eigenvalue weighted by Gasteiger charge is 2.35. The minimum atomic E-state index is -2.23. The molecule has 0 saturated carbocycles. The molecule has 7 aromatic rings. The van der Waals surface area contributed by atoms with E-state index >= 15 is 0 Å². The fourth-order valence-electron chi connectivity index (χ4n) is 6.37. The van der Waals surface area contributed by atoms with Gasteiger partial charge in [0.2, 0.25) is 12.4 Å². The maximum Gasteiger partial charge on any atom is 0.422 e. The Bertz CT molecular complexity index is 2100. The van der Waals surface area contributed by atoms with Crippen LogP contribution in [0.15, 0.2) is 188 Å². The largest absolute Gasteiger partial charge is 0.871 e. The van der Waals surface area contributed by atoms with Crippen molar-refractivity contribution >= 4 is 7.32 Å². The molecular weight excluding hydrogens is 765 g/mol. The zero-order valence-corrected chi connectivity index (χ0v) is 33.5. The van der Waals surface area contributed by atoms with Gasteiger partial charge < -0.3 is 24.2 Å². The third-order valence-corrected chi connectivity index (χ3v) is 8.97. The zero-order valence-electron chi connectivity index (χ0n) is 33.5. The summed E-state index contributed by atoms with van der Waals surface area (Å²) < 4.78 is 45.4. The second-order valence-electron chi connectivity index (χ2n) is 12.9. The number of aromatic nitrogens is 2. The van der Waals surface area contributed by atoms with Gasteiger partial charge >= 0.3 is 11.8 Å². The number of para-hydroxylation sites is 2. The van der Waals surface area contributed by atoms with Gasteiger partial charge in [-0.05, 0) is 79.8 Å². The van der Waals surface area contributed by atoms with E-state index in [0.717, 1.165) is 6.42 Å². The van der Waals surface area contributed by atoms with Gasteiger partial charge in [0, 0.05) is 33.6 Å². The predicted molar refractivity (Wildman–Crippen MR) is 221 cm³/mol. The molecular formula is C48H47BF2N2O7. The Balaban J connectivity index is 0.000000177. The first-order chi connectivity index (χ1) is 29.3. The monoisotopic (exact) mass is 812 g/mol. The third kappa shape index (κ3) is 12.7. The van der Waals surface area contributed by atoms with Crippen LogP contribution in [0.1, 0.15) is 43.4 Å². The molecule has 0 radical (unpaired) electrons. The van der Waals surface area contributed by atoms with Crippen molar-refractivity contribution in [2.45, 2.75) is 32.1 Å². The summed E-state index contributed by atoms with van der Waals surface area (Å²) in [5.74, 6) is 0.400. The molecule has 0 aliphatic rings. The van der Waals surface area contributed by atoms with Crippen LogP contribution in [0.2, 0.25) is 0 Å². The quantitative estimate of drug-likeness (QED) is 0.0440. The van der Waals surface area contributed by atoms with Gasteiger partial charge in [0.1, 0.15) is 0 Å². The third-order valence-electron chi connectivity index (χ3n) is 8.97. The van der Waals surface area contributed by atoms with Gasteiger partial charge in [-0.2, -0.15) is 0 Å². The van der Waals surface area contributed by atoms with E-state index in [1.165, 1.54) is 38.3 Å². The Kier molecular flexibility index (Phi) is 17.6. The number of rotatable bonds is 16. The summed E-state index contributed by atoms with van der Waals surface area (Å²) >= 11 is 0. The van der Waals surface area contributed by atoms with Gasteiger partial charge in [-0.15, -0.1) is 0 Å². The minimum Gasteiger partial charge on any atom is -0.871 e. The van der Waals surface area contributed by atoms with E-state index in [4.69, 9.17) is 23.8 Å². The van der Waals surface area contributed by atoms with Gasteiger partial charge in [0.05, 0.1) is 19.5 Å². The molecule has 2 aromatic heterocycles. The van der Waals surface area contributed by atoms with E-state index in [9.17, 15) is 18.8 Å². The van der Waals surface area contributed by atoms with E-state index < -0.39 is 19.0 Å². The molecule has 60 heavy (non-hydrogen) atoms. The molecule has 0 atom stereocenters. The van der Waals surface area contributed by atoms with Crippen LogP contribution in [-0.2, 0) is 10.1 Å².